The van der Waals surface area contributed by atoms with Gasteiger partial charge in [0.2, 0.25) is 0 Å². The number of nitrogens with zero attached hydrogens (tertiary/aromatic N) is 5. The van der Waals surface area contributed by atoms with Crippen LogP contribution in [0.25, 0.3) is 22.7 Å². The van der Waals surface area contributed by atoms with Gasteiger partial charge in [-0.2, -0.15) is 5.10 Å². The summed E-state index contributed by atoms with van der Waals surface area (Å²) in [5.74, 6) is 1.16. The Morgan fingerprint density at radius 2 is 2.25 bits per heavy atom. The van der Waals surface area contributed by atoms with Crippen LogP contribution in [-0.2, 0) is 7.05 Å². The van der Waals surface area contributed by atoms with Crippen molar-refractivity contribution in [1.29, 1.82) is 0 Å². The first-order chi connectivity index (χ1) is 7.75. The minimum absolute atomic E-state index is 0.323. The summed E-state index contributed by atoms with van der Waals surface area (Å²) in [5, 5.41) is 6.98. The van der Waals surface area contributed by atoms with E-state index in [9.17, 15) is 0 Å². The number of fused-ring (bicyclic) bond motifs is 1. The lowest BCUT2D eigenvalue weighted by molar-refractivity contribution is 0.909. The van der Waals surface area contributed by atoms with E-state index in [2.05, 4.69) is 25.1 Å². The standard InChI is InChI=1S/C9H7ClN6/c1-16-3-2-11-9(16)8-13-5-4-12-15-6(5)7(10)14-8/h2-4H,1H3,(H,12,15). The van der Waals surface area contributed by atoms with E-state index in [4.69, 9.17) is 11.6 Å². The van der Waals surface area contributed by atoms with Gasteiger partial charge in [-0.3, -0.25) is 5.10 Å². The molecule has 3 heterocycles. The highest BCUT2D eigenvalue weighted by Gasteiger charge is 2.12. The van der Waals surface area contributed by atoms with Gasteiger partial charge < -0.3 is 4.57 Å². The molecule has 0 amide bonds. The fourth-order valence-corrected chi connectivity index (χ4v) is 1.71. The van der Waals surface area contributed by atoms with Crippen LogP contribution in [0.5, 0.6) is 0 Å². The Labute approximate surface area is 95.3 Å². The predicted molar refractivity (Wildman–Crippen MR) is 58.9 cm³/mol. The molecule has 3 rings (SSSR count). The maximum absolute atomic E-state index is 6.00. The summed E-state index contributed by atoms with van der Waals surface area (Å²) in [6, 6.07) is 0. The first-order valence-corrected chi connectivity index (χ1v) is 4.98. The number of aromatic nitrogens is 6. The molecule has 0 aromatic carbocycles. The summed E-state index contributed by atoms with van der Waals surface area (Å²) in [7, 11) is 1.87. The van der Waals surface area contributed by atoms with Crippen molar-refractivity contribution in [2.24, 2.45) is 7.05 Å². The van der Waals surface area contributed by atoms with Crippen LogP contribution in [0, 0.1) is 0 Å². The summed E-state index contributed by atoms with van der Waals surface area (Å²) >= 11 is 6.00. The zero-order chi connectivity index (χ0) is 11.1. The van der Waals surface area contributed by atoms with E-state index in [-0.39, 0.29) is 0 Å². The summed E-state index contributed by atoms with van der Waals surface area (Å²) in [6.07, 6.45) is 5.19. The number of halogens is 1. The number of aryl methyl sites for hydroxylation is 1. The Kier molecular flexibility index (Phi) is 1.90. The number of hydrogen-bond acceptors (Lipinski definition) is 4. The molecule has 0 aliphatic carbocycles. The lowest BCUT2D eigenvalue weighted by atomic mass is 10.4. The molecule has 0 radical (unpaired) electrons. The smallest absolute Gasteiger partial charge is 0.198 e. The van der Waals surface area contributed by atoms with Crippen LogP contribution in [0.3, 0.4) is 0 Å². The molecule has 80 valence electrons. The highest BCUT2D eigenvalue weighted by molar-refractivity contribution is 6.33. The Morgan fingerprint density at radius 1 is 1.38 bits per heavy atom. The van der Waals surface area contributed by atoms with E-state index >= 15 is 0 Å². The highest BCUT2D eigenvalue weighted by atomic mass is 35.5. The molecular formula is C9H7ClN6. The van der Waals surface area contributed by atoms with E-state index in [1.165, 1.54) is 0 Å². The number of imidazole rings is 1. The summed E-state index contributed by atoms with van der Waals surface area (Å²) in [5.41, 5.74) is 1.25. The number of nitrogens with one attached hydrogen (secondary N) is 1. The molecule has 0 saturated carbocycles. The van der Waals surface area contributed by atoms with Crippen LogP contribution in [0.2, 0.25) is 5.15 Å². The van der Waals surface area contributed by atoms with Gasteiger partial charge in [-0.15, -0.1) is 0 Å². The number of H-pyrrole nitrogens is 1. The number of rotatable bonds is 1. The van der Waals surface area contributed by atoms with Crippen molar-refractivity contribution in [2.45, 2.75) is 0 Å². The van der Waals surface area contributed by atoms with Gasteiger partial charge in [-0.25, -0.2) is 15.0 Å². The summed E-state index contributed by atoms with van der Waals surface area (Å²) in [4.78, 5) is 12.7. The van der Waals surface area contributed by atoms with Crippen LogP contribution >= 0.6 is 11.6 Å². The van der Waals surface area contributed by atoms with Gasteiger partial charge in [-0.05, 0) is 0 Å². The van der Waals surface area contributed by atoms with E-state index in [0.29, 0.717) is 27.8 Å². The maximum Gasteiger partial charge on any atom is 0.198 e. The summed E-state index contributed by atoms with van der Waals surface area (Å²) in [6.45, 7) is 0. The lowest BCUT2D eigenvalue weighted by Gasteiger charge is -2.00. The molecule has 6 nitrogen and oxygen atoms in total. The number of hydrogen-bond donors (Lipinski definition) is 1. The van der Waals surface area contributed by atoms with Crippen LogP contribution in [0.4, 0.5) is 0 Å². The topological polar surface area (TPSA) is 72.3 Å². The van der Waals surface area contributed by atoms with Crippen LogP contribution < -0.4 is 0 Å². The molecule has 3 aromatic rings. The van der Waals surface area contributed by atoms with Gasteiger partial charge in [0.1, 0.15) is 11.0 Å². The molecule has 0 unspecified atom stereocenters. The third-order valence-corrected chi connectivity index (χ3v) is 2.53. The monoisotopic (exact) mass is 234 g/mol. The van der Waals surface area contributed by atoms with Gasteiger partial charge in [0.15, 0.2) is 16.8 Å². The minimum atomic E-state index is 0.323. The second-order valence-electron chi connectivity index (χ2n) is 3.32. The third-order valence-electron chi connectivity index (χ3n) is 2.27. The van der Waals surface area contributed by atoms with Crippen molar-refractivity contribution in [2.75, 3.05) is 0 Å². The largest absolute Gasteiger partial charge is 0.331 e. The average Bonchev–Trinajstić information content (AvgIpc) is 2.85. The Balaban J connectivity index is 2.29. The van der Waals surface area contributed by atoms with E-state index in [1.54, 1.807) is 12.4 Å². The van der Waals surface area contributed by atoms with Crippen molar-refractivity contribution >= 4 is 22.6 Å². The van der Waals surface area contributed by atoms with E-state index < -0.39 is 0 Å². The fourth-order valence-electron chi connectivity index (χ4n) is 1.49. The van der Waals surface area contributed by atoms with Crippen LogP contribution in [-0.4, -0.2) is 29.7 Å². The van der Waals surface area contributed by atoms with Crippen molar-refractivity contribution < 1.29 is 0 Å². The molecule has 0 fully saturated rings. The molecule has 3 aromatic heterocycles. The molecule has 0 bridgehead atoms. The SMILES string of the molecule is Cn1ccnc1-c1nc(Cl)c2n[nH]cc2n1. The van der Waals surface area contributed by atoms with E-state index in [0.717, 1.165) is 0 Å². The fraction of sp³-hybridized carbons (Fsp3) is 0.111. The highest BCUT2D eigenvalue weighted by Crippen LogP contribution is 2.21. The molecular weight excluding hydrogens is 228 g/mol. The van der Waals surface area contributed by atoms with Gasteiger partial charge in [0.05, 0.1) is 0 Å². The van der Waals surface area contributed by atoms with Crippen molar-refractivity contribution in [3.63, 3.8) is 0 Å². The lowest BCUT2D eigenvalue weighted by Crippen LogP contribution is -1.97. The van der Waals surface area contributed by atoms with Crippen LogP contribution in [0.15, 0.2) is 18.6 Å². The molecule has 16 heavy (non-hydrogen) atoms. The molecule has 1 N–H and O–H groups in total. The first kappa shape index (κ1) is 9.29. The van der Waals surface area contributed by atoms with Crippen molar-refractivity contribution in [3.8, 4) is 11.6 Å². The molecule has 0 aliphatic heterocycles. The molecule has 0 aliphatic rings. The Hall–Kier alpha value is -1.95. The zero-order valence-electron chi connectivity index (χ0n) is 8.35. The normalized spacial score (nSPS) is 11.1. The second-order valence-corrected chi connectivity index (χ2v) is 3.68. The second kappa shape index (κ2) is 3.28. The maximum atomic E-state index is 6.00. The van der Waals surface area contributed by atoms with Gasteiger partial charge >= 0.3 is 0 Å². The Morgan fingerprint density at radius 3 is 3.00 bits per heavy atom. The zero-order valence-corrected chi connectivity index (χ0v) is 9.10. The third kappa shape index (κ3) is 1.27. The Bertz CT molecular complexity index is 655. The average molecular weight is 235 g/mol. The van der Waals surface area contributed by atoms with Gasteiger partial charge in [0, 0.05) is 25.6 Å². The molecule has 0 spiro atoms. The molecule has 0 saturated heterocycles. The molecule has 7 heteroatoms. The predicted octanol–water partition coefficient (Wildman–Crippen LogP) is 1.41. The first-order valence-electron chi connectivity index (χ1n) is 4.60. The molecule has 0 atom stereocenters. The quantitative estimate of drug-likeness (QED) is 0.646. The van der Waals surface area contributed by atoms with Crippen LogP contribution in [0.1, 0.15) is 0 Å². The van der Waals surface area contributed by atoms with Crippen molar-refractivity contribution in [3.05, 3.63) is 23.7 Å². The van der Waals surface area contributed by atoms with E-state index in [1.807, 2.05) is 17.8 Å². The van der Waals surface area contributed by atoms with Gasteiger partial charge in [0.25, 0.3) is 0 Å². The van der Waals surface area contributed by atoms with Gasteiger partial charge in [-0.1, -0.05) is 11.6 Å². The number of aromatic amines is 1. The summed E-state index contributed by atoms with van der Waals surface area (Å²) < 4.78 is 1.83. The van der Waals surface area contributed by atoms with Crippen molar-refractivity contribution in [1.82, 2.24) is 29.7 Å². The minimum Gasteiger partial charge on any atom is -0.331 e.